The molecule has 2 aliphatic heterocycles. The van der Waals surface area contributed by atoms with Gasteiger partial charge in [-0.2, -0.15) is 0 Å². The highest BCUT2D eigenvalue weighted by molar-refractivity contribution is 5.73. The normalized spacial score (nSPS) is 46.8. The van der Waals surface area contributed by atoms with Crippen molar-refractivity contribution in [3.63, 3.8) is 0 Å². The minimum Gasteiger partial charge on any atom is -0.394 e. The molecule has 0 spiro atoms. The summed E-state index contributed by atoms with van der Waals surface area (Å²) in [4.78, 5) is 11.4. The second-order valence-corrected chi connectivity index (χ2v) is 6.26. The Morgan fingerprint density at radius 3 is 2.04 bits per heavy atom. The second kappa shape index (κ2) is 8.84. The molecular weight excluding hydrogens is 358 g/mol. The van der Waals surface area contributed by atoms with E-state index in [1.54, 1.807) is 0 Å². The summed E-state index contributed by atoms with van der Waals surface area (Å²) in [6.45, 7) is -0.199. The molecule has 12 heteroatoms. The molecule has 2 fully saturated rings. The van der Waals surface area contributed by atoms with Gasteiger partial charge in [-0.05, 0) is 0 Å². The maximum absolute atomic E-state index is 11.4. The predicted molar refractivity (Wildman–Crippen MR) is 80.2 cm³/mol. The van der Waals surface area contributed by atoms with E-state index in [1.807, 2.05) is 0 Å². The van der Waals surface area contributed by atoms with E-state index in [1.165, 1.54) is 0 Å². The first-order valence-corrected chi connectivity index (χ1v) is 8.06. The van der Waals surface area contributed by atoms with Gasteiger partial charge in [-0.15, -0.1) is 0 Å². The fraction of sp³-hybridized carbons (Fsp3) is 0.929. The largest absolute Gasteiger partial charge is 0.394 e. The first-order valence-electron chi connectivity index (χ1n) is 8.06. The van der Waals surface area contributed by atoms with Gasteiger partial charge in [0.15, 0.2) is 12.6 Å². The number of hydrogen-bond acceptors (Lipinski definition) is 11. The maximum atomic E-state index is 11.4. The van der Waals surface area contributed by atoms with Gasteiger partial charge in [-0.25, -0.2) is 0 Å². The summed E-state index contributed by atoms with van der Waals surface area (Å²) < 4.78 is 15.6. The first kappa shape index (κ1) is 21.4. The Labute approximate surface area is 148 Å². The maximum Gasteiger partial charge on any atom is 0.217 e. The van der Waals surface area contributed by atoms with Crippen molar-refractivity contribution < 1.29 is 54.8 Å². The van der Waals surface area contributed by atoms with E-state index in [0.29, 0.717) is 0 Å². The van der Waals surface area contributed by atoms with Crippen molar-refractivity contribution in [3.8, 4) is 0 Å². The minimum absolute atomic E-state index is 0.581. The van der Waals surface area contributed by atoms with Crippen LogP contribution in [0.3, 0.4) is 0 Å². The van der Waals surface area contributed by atoms with Crippen LogP contribution >= 0.6 is 0 Å². The Morgan fingerprint density at radius 1 is 0.923 bits per heavy atom. The first-order chi connectivity index (χ1) is 12.2. The summed E-state index contributed by atoms with van der Waals surface area (Å²) in [5.74, 6) is -0.581. The van der Waals surface area contributed by atoms with Gasteiger partial charge < -0.3 is 55.3 Å². The van der Waals surface area contributed by atoms with E-state index < -0.39 is 80.5 Å². The van der Waals surface area contributed by atoms with Crippen LogP contribution in [0.5, 0.6) is 0 Å². The molecule has 10 atom stereocenters. The Bertz CT molecular complexity index is 480. The van der Waals surface area contributed by atoms with Gasteiger partial charge in [0.05, 0.1) is 13.2 Å². The SMILES string of the molecule is CC(=O)N[C@H]1[C@H](O[C@H]2[C@H](O)[C@@H](CO)OC(O)[C@@H]2O)O[C@H](CO)[C@H](O)[C@@H]1O. The highest BCUT2D eigenvalue weighted by Crippen LogP contribution is 2.28. The van der Waals surface area contributed by atoms with Gasteiger partial charge in [0.1, 0.15) is 48.8 Å². The lowest BCUT2D eigenvalue weighted by Gasteiger charge is -2.46. The quantitative estimate of drug-likeness (QED) is 0.226. The molecule has 2 saturated heterocycles. The molecule has 1 unspecified atom stereocenters. The lowest BCUT2D eigenvalue weighted by molar-refractivity contribution is -0.341. The van der Waals surface area contributed by atoms with Gasteiger partial charge in [0.25, 0.3) is 0 Å². The number of rotatable bonds is 5. The number of aliphatic hydroxyl groups excluding tert-OH is 7. The molecule has 26 heavy (non-hydrogen) atoms. The minimum atomic E-state index is -1.77. The van der Waals surface area contributed by atoms with Crippen molar-refractivity contribution in [3.05, 3.63) is 0 Å². The lowest BCUT2D eigenvalue weighted by Crippen LogP contribution is -2.67. The third-order valence-corrected chi connectivity index (χ3v) is 4.38. The van der Waals surface area contributed by atoms with Crippen molar-refractivity contribution in [2.75, 3.05) is 13.2 Å². The molecule has 12 nitrogen and oxygen atoms in total. The van der Waals surface area contributed by atoms with Crippen molar-refractivity contribution in [1.82, 2.24) is 5.32 Å². The van der Waals surface area contributed by atoms with Crippen LogP contribution in [0.15, 0.2) is 0 Å². The summed E-state index contributed by atoms with van der Waals surface area (Å²) in [5, 5.41) is 70.8. The average molecular weight is 383 g/mol. The van der Waals surface area contributed by atoms with E-state index in [4.69, 9.17) is 14.2 Å². The van der Waals surface area contributed by atoms with Crippen LogP contribution in [0.4, 0.5) is 0 Å². The number of ether oxygens (including phenoxy) is 3. The van der Waals surface area contributed by atoms with Gasteiger partial charge in [-0.1, -0.05) is 0 Å². The van der Waals surface area contributed by atoms with Crippen molar-refractivity contribution in [1.29, 1.82) is 0 Å². The number of amides is 1. The van der Waals surface area contributed by atoms with Gasteiger partial charge >= 0.3 is 0 Å². The Hall–Kier alpha value is -0.930. The number of hydrogen-bond donors (Lipinski definition) is 8. The Morgan fingerprint density at radius 2 is 1.50 bits per heavy atom. The van der Waals surface area contributed by atoms with Crippen molar-refractivity contribution in [2.24, 2.45) is 0 Å². The summed E-state index contributed by atoms with van der Waals surface area (Å²) in [5.41, 5.74) is 0. The molecular formula is C14H25NO11. The lowest BCUT2D eigenvalue weighted by atomic mass is 9.95. The number of carbonyl (C=O) groups is 1. The summed E-state index contributed by atoms with van der Waals surface area (Å²) in [6.07, 6.45) is -13.7. The molecule has 0 saturated carbocycles. The standard InChI is InChI=1S/C14H25NO11/c1-4(18)15-7-10(21)8(19)5(2-16)25-14(7)26-12-9(20)6(3-17)24-13(23)11(12)22/h5-14,16-17,19-23H,2-3H2,1H3,(H,15,18)/t5-,6-,7-,8+,9-,10-,11-,12+,13?,14+/m1/s1. The second-order valence-electron chi connectivity index (χ2n) is 6.26. The molecule has 8 N–H and O–H groups in total. The Balaban J connectivity index is 2.22. The number of nitrogens with one attached hydrogen (secondary N) is 1. The van der Waals surface area contributed by atoms with E-state index in [-0.39, 0.29) is 0 Å². The molecule has 152 valence electrons. The predicted octanol–water partition coefficient (Wildman–Crippen LogP) is -5.25. The molecule has 2 heterocycles. The van der Waals surface area contributed by atoms with Gasteiger partial charge in [0.2, 0.25) is 5.91 Å². The van der Waals surface area contributed by atoms with Crippen LogP contribution in [-0.4, -0.2) is 116 Å². The summed E-state index contributed by atoms with van der Waals surface area (Å²) in [7, 11) is 0. The van der Waals surface area contributed by atoms with Crippen LogP contribution in [0.25, 0.3) is 0 Å². The van der Waals surface area contributed by atoms with Gasteiger partial charge in [-0.3, -0.25) is 4.79 Å². The number of carbonyl (C=O) groups excluding carboxylic acids is 1. The Kier molecular flexibility index (Phi) is 7.27. The van der Waals surface area contributed by atoms with Crippen molar-refractivity contribution in [2.45, 2.75) is 68.3 Å². The van der Waals surface area contributed by atoms with Crippen molar-refractivity contribution >= 4 is 5.91 Å². The summed E-state index contributed by atoms with van der Waals surface area (Å²) >= 11 is 0. The van der Waals surface area contributed by atoms with Crippen LogP contribution in [0.2, 0.25) is 0 Å². The molecule has 0 aromatic carbocycles. The van der Waals surface area contributed by atoms with Crippen LogP contribution in [0.1, 0.15) is 6.92 Å². The van der Waals surface area contributed by atoms with E-state index in [2.05, 4.69) is 5.32 Å². The summed E-state index contributed by atoms with van der Waals surface area (Å²) in [6, 6.07) is -1.29. The molecule has 0 aromatic rings. The fourth-order valence-corrected chi connectivity index (χ4v) is 2.97. The molecule has 2 aliphatic rings. The van der Waals surface area contributed by atoms with Crippen LogP contribution < -0.4 is 5.32 Å². The van der Waals surface area contributed by atoms with Crippen LogP contribution in [0, 0.1) is 0 Å². The molecule has 2 rings (SSSR count). The third-order valence-electron chi connectivity index (χ3n) is 4.38. The zero-order valence-corrected chi connectivity index (χ0v) is 14.0. The zero-order valence-electron chi connectivity index (χ0n) is 14.0. The monoisotopic (exact) mass is 383 g/mol. The van der Waals surface area contributed by atoms with E-state index >= 15 is 0 Å². The zero-order chi connectivity index (χ0) is 19.6. The molecule has 0 aromatic heterocycles. The van der Waals surface area contributed by atoms with E-state index in [0.717, 1.165) is 6.92 Å². The molecule has 1 amide bonds. The van der Waals surface area contributed by atoms with E-state index in [9.17, 15) is 40.5 Å². The topological polar surface area (TPSA) is 198 Å². The number of aliphatic hydroxyl groups is 7. The average Bonchev–Trinajstić information content (AvgIpc) is 2.60. The van der Waals surface area contributed by atoms with Crippen LogP contribution in [-0.2, 0) is 19.0 Å². The fourth-order valence-electron chi connectivity index (χ4n) is 2.97. The molecule has 0 radical (unpaired) electrons. The van der Waals surface area contributed by atoms with Gasteiger partial charge in [0, 0.05) is 6.92 Å². The highest BCUT2D eigenvalue weighted by atomic mass is 16.7. The molecule has 0 bridgehead atoms. The third kappa shape index (κ3) is 4.31. The molecule has 0 aliphatic carbocycles. The smallest absolute Gasteiger partial charge is 0.217 e. The highest BCUT2D eigenvalue weighted by Gasteiger charge is 2.50.